The van der Waals surface area contributed by atoms with Gasteiger partial charge in [-0.05, 0) is 57.8 Å². The number of unbranched alkanes of at least 4 members (excludes halogenated alkanes) is 40. The van der Waals surface area contributed by atoms with Crippen molar-refractivity contribution in [1.29, 1.82) is 0 Å². The molecule has 400 valence electrons. The maximum absolute atomic E-state index is 12.9. The highest BCUT2D eigenvalue weighted by molar-refractivity contribution is 5.70. The van der Waals surface area contributed by atoms with E-state index < -0.39 is 6.10 Å². The van der Waals surface area contributed by atoms with Gasteiger partial charge in [-0.15, -0.1) is 0 Å². The van der Waals surface area contributed by atoms with E-state index in [9.17, 15) is 9.59 Å². The third-order valence-corrected chi connectivity index (χ3v) is 13.7. The van der Waals surface area contributed by atoms with Crippen LogP contribution in [-0.2, 0) is 23.8 Å². The first-order valence-electron chi connectivity index (χ1n) is 30.5. The zero-order chi connectivity index (χ0) is 49.2. The molecule has 0 aromatic heterocycles. The van der Waals surface area contributed by atoms with Crippen LogP contribution in [0.25, 0.3) is 0 Å². The molecule has 0 saturated heterocycles. The lowest BCUT2D eigenvalue weighted by molar-refractivity contribution is -0.163. The molecule has 5 nitrogen and oxygen atoms in total. The molecule has 0 saturated carbocycles. The second-order valence-electron chi connectivity index (χ2n) is 20.6. The van der Waals surface area contributed by atoms with Crippen LogP contribution in [0.5, 0.6) is 0 Å². The largest absolute Gasteiger partial charge is 0.462 e. The summed E-state index contributed by atoms with van der Waals surface area (Å²) in [7, 11) is 0. The van der Waals surface area contributed by atoms with E-state index in [2.05, 4.69) is 57.2 Å². The summed E-state index contributed by atoms with van der Waals surface area (Å²) in [6.45, 7) is 7.85. The number of carbonyl (C=O) groups is 2. The van der Waals surface area contributed by atoms with E-state index in [1.807, 2.05) is 0 Å². The van der Waals surface area contributed by atoms with Crippen LogP contribution in [0.2, 0.25) is 0 Å². The fraction of sp³-hybridized carbons (Fsp3) is 0.873. The number of carbonyl (C=O) groups excluding carboxylic acids is 2. The Morgan fingerprint density at radius 3 is 1.01 bits per heavy atom. The predicted octanol–water partition coefficient (Wildman–Crippen LogP) is 20.9. The minimum absolute atomic E-state index is 0.0806. The molecule has 1 atom stereocenters. The summed E-state index contributed by atoms with van der Waals surface area (Å²) in [6, 6.07) is 0. The summed E-state index contributed by atoms with van der Waals surface area (Å²) < 4.78 is 17.5. The number of esters is 2. The first-order valence-corrected chi connectivity index (χ1v) is 30.5. The minimum Gasteiger partial charge on any atom is -0.462 e. The molecule has 0 aliphatic heterocycles. The van der Waals surface area contributed by atoms with Gasteiger partial charge in [-0.1, -0.05) is 295 Å². The van der Waals surface area contributed by atoms with E-state index in [1.54, 1.807) is 0 Å². The molecular weight excluding hydrogens is 837 g/mol. The Hall–Kier alpha value is -1.88. The van der Waals surface area contributed by atoms with E-state index in [0.29, 0.717) is 19.4 Å². The van der Waals surface area contributed by atoms with Gasteiger partial charge in [-0.3, -0.25) is 9.59 Å². The SMILES string of the molecule is CCCCC/C=C\C/C=C\C/C=C\CCCCCCC(=O)OC[C@@H](COCCCCCCCCCCCCCCCCCC)OC(=O)CCCCCCCCCCCCCCCCCCCCC. The second-order valence-corrected chi connectivity index (χ2v) is 20.6. The summed E-state index contributed by atoms with van der Waals surface area (Å²) in [5.41, 5.74) is 0. The van der Waals surface area contributed by atoms with Crippen molar-refractivity contribution in [3.63, 3.8) is 0 Å². The van der Waals surface area contributed by atoms with Crippen LogP contribution in [0, 0.1) is 0 Å². The first-order chi connectivity index (χ1) is 33.6. The minimum atomic E-state index is -0.540. The van der Waals surface area contributed by atoms with Gasteiger partial charge >= 0.3 is 11.9 Å². The van der Waals surface area contributed by atoms with Crippen molar-refractivity contribution in [1.82, 2.24) is 0 Å². The smallest absolute Gasteiger partial charge is 0.306 e. The van der Waals surface area contributed by atoms with Crippen molar-refractivity contribution < 1.29 is 23.8 Å². The van der Waals surface area contributed by atoms with Crippen molar-refractivity contribution in [2.45, 2.75) is 335 Å². The Balaban J connectivity index is 4.25. The second kappa shape index (κ2) is 59.4. The van der Waals surface area contributed by atoms with Crippen molar-refractivity contribution in [2.75, 3.05) is 19.8 Å². The molecule has 0 unspecified atom stereocenters. The summed E-state index contributed by atoms with van der Waals surface area (Å²) >= 11 is 0. The summed E-state index contributed by atoms with van der Waals surface area (Å²) in [6.07, 6.45) is 73.1. The van der Waals surface area contributed by atoms with Crippen molar-refractivity contribution in [2.24, 2.45) is 0 Å². The van der Waals surface area contributed by atoms with Crippen LogP contribution in [0.15, 0.2) is 36.5 Å². The number of allylic oxidation sites excluding steroid dienone is 6. The molecule has 0 aliphatic carbocycles. The molecule has 0 amide bonds. The van der Waals surface area contributed by atoms with Gasteiger partial charge in [0.15, 0.2) is 6.10 Å². The molecule has 68 heavy (non-hydrogen) atoms. The molecule has 0 radical (unpaired) electrons. The zero-order valence-electron chi connectivity index (χ0n) is 46.1. The van der Waals surface area contributed by atoms with Crippen molar-refractivity contribution >= 4 is 11.9 Å². The van der Waals surface area contributed by atoms with Gasteiger partial charge in [0, 0.05) is 19.4 Å². The molecule has 0 heterocycles. The molecular formula is C63H118O5. The highest BCUT2D eigenvalue weighted by Crippen LogP contribution is 2.17. The first kappa shape index (κ1) is 66.1. The fourth-order valence-electron chi connectivity index (χ4n) is 9.11. The van der Waals surface area contributed by atoms with Gasteiger partial charge in [0.1, 0.15) is 6.61 Å². The Labute approximate surface area is 425 Å². The standard InChI is InChI=1S/C63H118O5/c1-4-7-10-13-16-19-22-25-28-31-32-34-36-39-42-45-48-51-54-57-63(65)68-61(59-66-58-55-52-49-46-43-40-37-30-27-24-21-18-15-12-9-6-3)60-67-62(64)56-53-50-47-44-41-38-35-33-29-26-23-20-17-14-11-8-5-2/h17,20,26,29,35,38,61H,4-16,18-19,21-25,27-28,30-34,36-37,39-60H2,1-3H3/b20-17-,29-26-,38-35-/t61-/m1/s1. The van der Waals surface area contributed by atoms with E-state index in [4.69, 9.17) is 14.2 Å². The third kappa shape index (κ3) is 56.7. The number of ether oxygens (including phenoxy) is 3. The van der Waals surface area contributed by atoms with Crippen LogP contribution in [0.3, 0.4) is 0 Å². The third-order valence-electron chi connectivity index (χ3n) is 13.7. The van der Waals surface area contributed by atoms with Gasteiger partial charge in [0.25, 0.3) is 0 Å². The highest BCUT2D eigenvalue weighted by atomic mass is 16.6. The molecule has 0 aromatic rings. The lowest BCUT2D eigenvalue weighted by Gasteiger charge is -2.18. The summed E-state index contributed by atoms with van der Waals surface area (Å²) in [4.78, 5) is 25.6. The van der Waals surface area contributed by atoms with E-state index in [-0.39, 0.29) is 25.2 Å². The van der Waals surface area contributed by atoms with Crippen LogP contribution < -0.4 is 0 Å². The Morgan fingerprint density at radius 1 is 0.324 bits per heavy atom. The molecule has 0 aliphatic rings. The number of rotatable bonds is 57. The van der Waals surface area contributed by atoms with Gasteiger partial charge in [-0.2, -0.15) is 0 Å². The lowest BCUT2D eigenvalue weighted by atomic mass is 10.0. The van der Waals surface area contributed by atoms with Crippen LogP contribution in [-0.4, -0.2) is 37.9 Å². The van der Waals surface area contributed by atoms with Gasteiger partial charge in [-0.25, -0.2) is 0 Å². The monoisotopic (exact) mass is 955 g/mol. The maximum Gasteiger partial charge on any atom is 0.306 e. The normalized spacial score (nSPS) is 12.3. The Kier molecular flexibility index (Phi) is 57.8. The molecule has 0 bridgehead atoms. The lowest BCUT2D eigenvalue weighted by Crippen LogP contribution is -2.30. The van der Waals surface area contributed by atoms with Crippen LogP contribution in [0.1, 0.15) is 329 Å². The summed E-state index contributed by atoms with van der Waals surface area (Å²) in [5, 5.41) is 0. The quantitative estimate of drug-likeness (QED) is 0.0345. The average molecular weight is 956 g/mol. The van der Waals surface area contributed by atoms with E-state index in [1.165, 1.54) is 231 Å². The van der Waals surface area contributed by atoms with Gasteiger partial charge in [0.05, 0.1) is 6.61 Å². The predicted molar refractivity (Wildman–Crippen MR) is 298 cm³/mol. The molecule has 5 heteroatoms. The van der Waals surface area contributed by atoms with Crippen molar-refractivity contribution in [3.05, 3.63) is 36.5 Å². The highest BCUT2D eigenvalue weighted by Gasteiger charge is 2.17. The topological polar surface area (TPSA) is 61.8 Å². The summed E-state index contributed by atoms with van der Waals surface area (Å²) in [5.74, 6) is -0.399. The Morgan fingerprint density at radius 2 is 0.618 bits per heavy atom. The fourth-order valence-corrected chi connectivity index (χ4v) is 9.11. The van der Waals surface area contributed by atoms with Gasteiger partial charge in [0.2, 0.25) is 0 Å². The van der Waals surface area contributed by atoms with Gasteiger partial charge < -0.3 is 14.2 Å². The Bertz CT molecular complexity index is 1080. The average Bonchev–Trinajstić information content (AvgIpc) is 3.34. The molecule has 0 fully saturated rings. The van der Waals surface area contributed by atoms with Crippen LogP contribution in [0.4, 0.5) is 0 Å². The molecule has 0 rings (SSSR count). The molecule has 0 spiro atoms. The number of hydrogen-bond donors (Lipinski definition) is 0. The van der Waals surface area contributed by atoms with Crippen molar-refractivity contribution in [3.8, 4) is 0 Å². The number of hydrogen-bond acceptors (Lipinski definition) is 5. The van der Waals surface area contributed by atoms with E-state index in [0.717, 1.165) is 64.2 Å². The zero-order valence-corrected chi connectivity index (χ0v) is 46.1. The maximum atomic E-state index is 12.9. The van der Waals surface area contributed by atoms with Crippen LogP contribution >= 0.6 is 0 Å². The van der Waals surface area contributed by atoms with E-state index >= 15 is 0 Å². The molecule has 0 aromatic carbocycles. The molecule has 0 N–H and O–H groups in total.